The van der Waals surface area contributed by atoms with Crippen LogP contribution in [0.3, 0.4) is 0 Å². The van der Waals surface area contributed by atoms with Crippen LogP contribution >= 0.6 is 0 Å². The quantitative estimate of drug-likeness (QED) is 0.564. The van der Waals surface area contributed by atoms with Crippen molar-refractivity contribution in [3.8, 4) is 0 Å². The number of hydrogen-bond acceptors (Lipinski definition) is 1. The van der Waals surface area contributed by atoms with Gasteiger partial charge in [-0.3, -0.25) is 0 Å². The lowest BCUT2D eigenvalue weighted by Crippen LogP contribution is -2.22. The number of aliphatic hydroxyl groups excluding tert-OH is 1. The Morgan fingerprint density at radius 3 is 2.55 bits per heavy atom. The lowest BCUT2D eigenvalue weighted by Gasteiger charge is -2.18. The highest BCUT2D eigenvalue weighted by atomic mass is 16.3. The second-order valence-corrected chi connectivity index (χ2v) is 3.48. The van der Waals surface area contributed by atoms with Gasteiger partial charge in [0, 0.05) is 11.8 Å². The molecule has 11 heavy (non-hydrogen) atoms. The van der Waals surface area contributed by atoms with Crippen LogP contribution in [0.15, 0.2) is 23.8 Å². The molecule has 0 saturated carbocycles. The molecule has 1 aliphatic rings. The average molecular weight is 152 g/mol. The van der Waals surface area contributed by atoms with Gasteiger partial charge in [-0.15, -0.1) is 0 Å². The third-order valence-corrected chi connectivity index (χ3v) is 2.27. The first-order chi connectivity index (χ1) is 5.11. The SMILES string of the molecule is CC1=CC(C)C(O)C(C)C=C1. The molecule has 62 valence electrons. The number of aliphatic hydroxyl groups is 1. The van der Waals surface area contributed by atoms with Crippen LogP contribution in [0.4, 0.5) is 0 Å². The van der Waals surface area contributed by atoms with Crippen molar-refractivity contribution in [1.82, 2.24) is 0 Å². The van der Waals surface area contributed by atoms with Gasteiger partial charge in [0.25, 0.3) is 0 Å². The Balaban J connectivity index is 2.81. The molecule has 0 fully saturated rings. The summed E-state index contributed by atoms with van der Waals surface area (Å²) < 4.78 is 0. The summed E-state index contributed by atoms with van der Waals surface area (Å²) in [6.45, 7) is 6.17. The zero-order valence-electron chi connectivity index (χ0n) is 7.41. The molecule has 1 aliphatic carbocycles. The number of rotatable bonds is 0. The van der Waals surface area contributed by atoms with E-state index in [0.717, 1.165) is 0 Å². The Kier molecular flexibility index (Phi) is 2.50. The molecule has 0 amide bonds. The summed E-state index contributed by atoms with van der Waals surface area (Å²) in [7, 11) is 0. The molecule has 0 aromatic heterocycles. The maximum atomic E-state index is 9.65. The lowest BCUT2D eigenvalue weighted by atomic mass is 9.95. The summed E-state index contributed by atoms with van der Waals surface area (Å²) in [4.78, 5) is 0. The highest BCUT2D eigenvalue weighted by molar-refractivity contribution is 5.21. The maximum Gasteiger partial charge on any atom is 0.0660 e. The molecule has 0 bridgehead atoms. The van der Waals surface area contributed by atoms with Gasteiger partial charge >= 0.3 is 0 Å². The van der Waals surface area contributed by atoms with Crippen molar-refractivity contribution in [2.24, 2.45) is 11.8 Å². The van der Waals surface area contributed by atoms with Gasteiger partial charge in [-0.2, -0.15) is 0 Å². The molecule has 0 aromatic rings. The van der Waals surface area contributed by atoms with E-state index in [4.69, 9.17) is 0 Å². The molecule has 0 saturated heterocycles. The van der Waals surface area contributed by atoms with E-state index in [0.29, 0.717) is 0 Å². The Morgan fingerprint density at radius 1 is 1.27 bits per heavy atom. The third kappa shape index (κ3) is 1.93. The highest BCUT2D eigenvalue weighted by Crippen LogP contribution is 2.21. The topological polar surface area (TPSA) is 20.2 Å². The Bertz CT molecular complexity index is 191. The Morgan fingerprint density at radius 2 is 1.91 bits per heavy atom. The van der Waals surface area contributed by atoms with Crippen molar-refractivity contribution in [3.63, 3.8) is 0 Å². The van der Waals surface area contributed by atoms with Crippen LogP contribution < -0.4 is 0 Å². The van der Waals surface area contributed by atoms with Crippen LogP contribution in [-0.4, -0.2) is 11.2 Å². The van der Waals surface area contributed by atoms with E-state index >= 15 is 0 Å². The van der Waals surface area contributed by atoms with Crippen LogP contribution in [-0.2, 0) is 0 Å². The van der Waals surface area contributed by atoms with Crippen molar-refractivity contribution in [2.45, 2.75) is 26.9 Å². The summed E-state index contributed by atoms with van der Waals surface area (Å²) in [6, 6.07) is 0. The standard InChI is InChI=1S/C10H16O/c1-7-4-5-8(2)10(11)9(3)6-7/h4-6,8-11H,1-3H3. The predicted molar refractivity (Wildman–Crippen MR) is 47.2 cm³/mol. The second kappa shape index (κ2) is 3.22. The summed E-state index contributed by atoms with van der Waals surface area (Å²) in [5.41, 5.74) is 1.25. The fourth-order valence-electron chi connectivity index (χ4n) is 1.47. The Hall–Kier alpha value is -0.560. The molecule has 1 heteroatoms. The van der Waals surface area contributed by atoms with E-state index in [-0.39, 0.29) is 17.9 Å². The molecule has 0 radical (unpaired) electrons. The minimum Gasteiger partial charge on any atom is -0.392 e. The fraction of sp³-hybridized carbons (Fsp3) is 0.600. The summed E-state index contributed by atoms with van der Waals surface area (Å²) >= 11 is 0. The molecule has 3 atom stereocenters. The van der Waals surface area contributed by atoms with Crippen molar-refractivity contribution in [1.29, 1.82) is 0 Å². The van der Waals surface area contributed by atoms with E-state index in [9.17, 15) is 5.11 Å². The first kappa shape index (κ1) is 8.54. The van der Waals surface area contributed by atoms with Crippen LogP contribution in [0.25, 0.3) is 0 Å². The van der Waals surface area contributed by atoms with Gasteiger partial charge in [0.15, 0.2) is 0 Å². The minimum absolute atomic E-state index is 0.219. The van der Waals surface area contributed by atoms with Crippen LogP contribution in [0, 0.1) is 11.8 Å². The van der Waals surface area contributed by atoms with E-state index in [1.165, 1.54) is 5.57 Å². The summed E-state index contributed by atoms with van der Waals surface area (Å²) in [6.07, 6.45) is 6.05. The van der Waals surface area contributed by atoms with Crippen LogP contribution in [0.1, 0.15) is 20.8 Å². The molecule has 3 unspecified atom stereocenters. The first-order valence-corrected chi connectivity index (χ1v) is 4.16. The monoisotopic (exact) mass is 152 g/mol. The van der Waals surface area contributed by atoms with Gasteiger partial charge in [-0.1, -0.05) is 37.6 Å². The Labute approximate surface area is 68.4 Å². The van der Waals surface area contributed by atoms with Gasteiger partial charge in [-0.25, -0.2) is 0 Å². The third-order valence-electron chi connectivity index (χ3n) is 2.27. The van der Waals surface area contributed by atoms with Gasteiger partial charge in [0.2, 0.25) is 0 Å². The first-order valence-electron chi connectivity index (χ1n) is 4.16. The maximum absolute atomic E-state index is 9.65. The largest absolute Gasteiger partial charge is 0.392 e. The van der Waals surface area contributed by atoms with E-state index < -0.39 is 0 Å². The molecular weight excluding hydrogens is 136 g/mol. The van der Waals surface area contributed by atoms with E-state index in [1.54, 1.807) is 0 Å². The highest BCUT2D eigenvalue weighted by Gasteiger charge is 2.18. The average Bonchev–Trinajstić information content (AvgIpc) is 2.05. The number of allylic oxidation sites excluding steroid dienone is 2. The van der Waals surface area contributed by atoms with Gasteiger partial charge in [0.05, 0.1) is 6.10 Å². The molecule has 1 nitrogen and oxygen atoms in total. The minimum atomic E-state index is -0.219. The van der Waals surface area contributed by atoms with E-state index in [2.05, 4.69) is 32.1 Å². The van der Waals surface area contributed by atoms with E-state index in [1.807, 2.05) is 6.92 Å². The zero-order chi connectivity index (χ0) is 8.43. The van der Waals surface area contributed by atoms with Gasteiger partial charge in [-0.05, 0) is 6.92 Å². The molecule has 1 rings (SSSR count). The smallest absolute Gasteiger partial charge is 0.0660 e. The molecular formula is C10H16O. The zero-order valence-corrected chi connectivity index (χ0v) is 7.41. The summed E-state index contributed by atoms with van der Waals surface area (Å²) in [5.74, 6) is 0.554. The lowest BCUT2D eigenvalue weighted by molar-refractivity contribution is 0.103. The molecule has 0 aromatic carbocycles. The molecule has 0 heterocycles. The van der Waals surface area contributed by atoms with Gasteiger partial charge in [0.1, 0.15) is 0 Å². The van der Waals surface area contributed by atoms with Crippen molar-refractivity contribution in [3.05, 3.63) is 23.8 Å². The second-order valence-electron chi connectivity index (χ2n) is 3.48. The van der Waals surface area contributed by atoms with Crippen LogP contribution in [0.2, 0.25) is 0 Å². The number of hydrogen-bond donors (Lipinski definition) is 1. The molecule has 0 spiro atoms. The molecule has 0 aliphatic heterocycles. The normalized spacial score (nSPS) is 38.2. The van der Waals surface area contributed by atoms with Crippen molar-refractivity contribution < 1.29 is 5.11 Å². The van der Waals surface area contributed by atoms with Crippen LogP contribution in [0.5, 0.6) is 0 Å². The predicted octanol–water partition coefficient (Wildman–Crippen LogP) is 2.14. The van der Waals surface area contributed by atoms with Crippen molar-refractivity contribution >= 4 is 0 Å². The fourth-order valence-corrected chi connectivity index (χ4v) is 1.47. The van der Waals surface area contributed by atoms with Gasteiger partial charge < -0.3 is 5.11 Å². The van der Waals surface area contributed by atoms with Crippen molar-refractivity contribution in [2.75, 3.05) is 0 Å². The molecule has 1 N–H and O–H groups in total. The summed E-state index contributed by atoms with van der Waals surface area (Å²) in [5, 5.41) is 9.65.